The van der Waals surface area contributed by atoms with Crippen molar-refractivity contribution in [1.82, 2.24) is 0 Å². The average Bonchev–Trinajstić information content (AvgIpc) is 3.46. The normalized spacial score (nSPS) is 24.6. The van der Waals surface area contributed by atoms with Gasteiger partial charge in [-0.3, -0.25) is 0 Å². The molecule has 29 heavy (non-hydrogen) atoms. The fourth-order valence-corrected chi connectivity index (χ4v) is 8.72. The molecule has 2 aliphatic carbocycles. The zero-order chi connectivity index (χ0) is 19.3. The molecule has 0 N–H and O–H groups in total. The first-order chi connectivity index (χ1) is 14.2. The molecule has 7 rings (SSSR count). The fourth-order valence-electron chi connectivity index (χ4n) is 6.48. The summed E-state index contributed by atoms with van der Waals surface area (Å²) in [6.07, 6.45) is 8.07. The molecular formula is C26H24NS2+. The van der Waals surface area contributed by atoms with Crippen molar-refractivity contribution in [3.05, 3.63) is 53.0 Å². The molecular weight excluding hydrogens is 390 g/mol. The highest BCUT2D eigenvalue weighted by atomic mass is 32.2. The van der Waals surface area contributed by atoms with Crippen LogP contribution in [0.1, 0.15) is 42.7 Å². The standard InChI is InChI=1S/C26H24NS2/c1-14-19-6-8-28-21(19)13-23-24(14)26-25-17(5-7-27(26)2)11-18(12-22(25)29-23)20-10-15-3-4-16(20)9-15/h5-8,11-13,15-16,20H,3-4,9-10H2,1-2H3/q+1. The van der Waals surface area contributed by atoms with Crippen LogP contribution in [-0.4, -0.2) is 0 Å². The lowest BCUT2D eigenvalue weighted by Gasteiger charge is -2.25. The predicted molar refractivity (Wildman–Crippen MR) is 123 cm³/mol. The second kappa shape index (κ2) is 5.86. The number of hydrogen-bond donors (Lipinski definition) is 0. The lowest BCUT2D eigenvalue weighted by Crippen LogP contribution is -2.31. The summed E-state index contributed by atoms with van der Waals surface area (Å²) in [7, 11) is 2.21. The van der Waals surface area contributed by atoms with Gasteiger partial charge in [-0.15, -0.1) is 11.3 Å². The molecule has 2 aromatic heterocycles. The van der Waals surface area contributed by atoms with Crippen molar-refractivity contribution in [1.29, 1.82) is 0 Å². The minimum absolute atomic E-state index is 0.787. The van der Waals surface area contributed by atoms with Gasteiger partial charge in [0.05, 0.1) is 10.9 Å². The number of rotatable bonds is 1. The van der Waals surface area contributed by atoms with Gasteiger partial charge in [0.1, 0.15) is 7.05 Å². The van der Waals surface area contributed by atoms with E-state index >= 15 is 0 Å². The van der Waals surface area contributed by atoms with Gasteiger partial charge in [0.2, 0.25) is 5.69 Å². The fraction of sp³-hybridized carbons (Fsp3) is 0.346. The van der Waals surface area contributed by atoms with Gasteiger partial charge in [0.25, 0.3) is 0 Å². The predicted octanol–water partition coefficient (Wildman–Crippen LogP) is 7.22. The van der Waals surface area contributed by atoms with Gasteiger partial charge in [0.15, 0.2) is 6.20 Å². The molecule has 4 aromatic rings. The van der Waals surface area contributed by atoms with E-state index in [2.05, 4.69) is 60.4 Å². The minimum Gasteiger partial charge on any atom is -0.200 e. The third-order valence-corrected chi connectivity index (χ3v) is 9.78. The summed E-state index contributed by atoms with van der Waals surface area (Å²) in [4.78, 5) is 2.90. The molecule has 0 saturated heterocycles. The van der Waals surface area contributed by atoms with Crippen LogP contribution >= 0.6 is 23.1 Å². The minimum atomic E-state index is 0.787. The van der Waals surface area contributed by atoms with Gasteiger partial charge >= 0.3 is 0 Å². The van der Waals surface area contributed by atoms with E-state index in [1.54, 1.807) is 5.56 Å². The molecule has 3 heterocycles. The van der Waals surface area contributed by atoms with Crippen molar-refractivity contribution in [2.75, 3.05) is 0 Å². The van der Waals surface area contributed by atoms with Crippen LogP contribution in [0.4, 0.5) is 0 Å². The Balaban J connectivity index is 1.51. The summed E-state index contributed by atoms with van der Waals surface area (Å²) in [5.41, 5.74) is 5.87. The number of aryl methyl sites for hydroxylation is 2. The summed E-state index contributed by atoms with van der Waals surface area (Å²) in [5, 5.41) is 6.52. The number of pyridine rings is 1. The molecule has 3 heteroatoms. The highest BCUT2D eigenvalue weighted by Gasteiger charge is 2.41. The second-order valence-electron chi connectivity index (χ2n) is 9.35. The Morgan fingerprint density at radius 1 is 1.03 bits per heavy atom. The van der Waals surface area contributed by atoms with Gasteiger partial charge < -0.3 is 0 Å². The van der Waals surface area contributed by atoms with Crippen LogP contribution in [-0.2, 0) is 7.05 Å². The van der Waals surface area contributed by atoms with Crippen molar-refractivity contribution in [3.8, 4) is 11.3 Å². The van der Waals surface area contributed by atoms with Gasteiger partial charge in [-0.05, 0) is 89.4 Å². The maximum absolute atomic E-state index is 2.55. The van der Waals surface area contributed by atoms with E-state index in [9.17, 15) is 0 Å². The Hall–Kier alpha value is -1.84. The Labute approximate surface area is 179 Å². The zero-order valence-corrected chi connectivity index (χ0v) is 18.5. The zero-order valence-electron chi connectivity index (χ0n) is 16.9. The molecule has 0 spiro atoms. The molecule has 3 aliphatic rings. The third-order valence-electron chi connectivity index (χ3n) is 7.83. The van der Waals surface area contributed by atoms with Gasteiger partial charge in [0, 0.05) is 20.6 Å². The molecule has 2 bridgehead atoms. The lowest BCUT2D eigenvalue weighted by atomic mass is 9.82. The third kappa shape index (κ3) is 2.26. The van der Waals surface area contributed by atoms with Crippen molar-refractivity contribution < 1.29 is 4.57 Å². The molecule has 1 nitrogen and oxygen atoms in total. The van der Waals surface area contributed by atoms with Gasteiger partial charge in [-0.1, -0.05) is 24.2 Å². The Kier molecular flexibility index (Phi) is 3.42. The van der Waals surface area contributed by atoms with Crippen molar-refractivity contribution >= 4 is 44.0 Å². The summed E-state index contributed by atoms with van der Waals surface area (Å²) >= 11 is 3.87. The highest BCUT2D eigenvalue weighted by Crippen LogP contribution is 2.55. The molecule has 2 aromatic carbocycles. The molecule has 0 radical (unpaired) electrons. The van der Waals surface area contributed by atoms with Crippen molar-refractivity contribution in [2.24, 2.45) is 18.9 Å². The Morgan fingerprint density at radius 2 is 1.97 bits per heavy atom. The molecule has 144 valence electrons. The summed E-state index contributed by atoms with van der Waals surface area (Å²) in [6, 6.07) is 12.1. The number of aromatic nitrogens is 1. The number of benzene rings is 2. The topological polar surface area (TPSA) is 3.88 Å². The van der Waals surface area contributed by atoms with Gasteiger partial charge in [-0.25, -0.2) is 4.57 Å². The molecule has 0 amide bonds. The van der Waals surface area contributed by atoms with E-state index in [0.29, 0.717) is 0 Å². The number of hydrogen-bond acceptors (Lipinski definition) is 2. The van der Waals surface area contributed by atoms with E-state index in [4.69, 9.17) is 0 Å². The van der Waals surface area contributed by atoms with E-state index < -0.39 is 0 Å². The first-order valence-electron chi connectivity index (χ1n) is 10.8. The quantitative estimate of drug-likeness (QED) is 0.262. The molecule has 1 aliphatic heterocycles. The van der Waals surface area contributed by atoms with Crippen LogP contribution in [0, 0.1) is 18.8 Å². The smallest absolute Gasteiger partial charge is 0.200 e. The molecule has 2 saturated carbocycles. The van der Waals surface area contributed by atoms with Gasteiger partial charge in [-0.2, -0.15) is 0 Å². The van der Waals surface area contributed by atoms with E-state index in [1.807, 2.05) is 23.1 Å². The van der Waals surface area contributed by atoms with Crippen LogP contribution in [0.25, 0.3) is 32.1 Å². The van der Waals surface area contributed by atoms with Crippen LogP contribution in [0.15, 0.2) is 51.7 Å². The van der Waals surface area contributed by atoms with Crippen LogP contribution in [0.3, 0.4) is 0 Å². The first kappa shape index (κ1) is 16.9. The second-order valence-corrected chi connectivity index (χ2v) is 11.4. The first-order valence-corrected chi connectivity index (χ1v) is 12.5. The van der Waals surface area contributed by atoms with Crippen LogP contribution in [0.2, 0.25) is 0 Å². The Morgan fingerprint density at radius 3 is 2.79 bits per heavy atom. The number of thiophene rings is 1. The monoisotopic (exact) mass is 414 g/mol. The Bertz CT molecular complexity index is 1330. The average molecular weight is 415 g/mol. The molecule has 2 fully saturated rings. The summed E-state index contributed by atoms with van der Waals surface area (Å²) in [5.74, 6) is 2.71. The van der Waals surface area contributed by atoms with Crippen LogP contribution in [0.5, 0.6) is 0 Å². The lowest BCUT2D eigenvalue weighted by molar-refractivity contribution is -0.659. The van der Waals surface area contributed by atoms with E-state index in [-0.39, 0.29) is 0 Å². The maximum atomic E-state index is 2.55. The molecule has 3 unspecified atom stereocenters. The largest absolute Gasteiger partial charge is 0.222 e. The van der Waals surface area contributed by atoms with E-state index in [0.717, 1.165) is 17.8 Å². The maximum Gasteiger partial charge on any atom is 0.222 e. The summed E-state index contributed by atoms with van der Waals surface area (Å²) < 4.78 is 3.75. The van der Waals surface area contributed by atoms with Crippen LogP contribution < -0.4 is 4.57 Å². The number of nitrogens with zero attached hydrogens (tertiary/aromatic N) is 1. The highest BCUT2D eigenvalue weighted by molar-refractivity contribution is 7.99. The van der Waals surface area contributed by atoms with Crippen molar-refractivity contribution in [3.63, 3.8) is 0 Å². The molecule has 3 atom stereocenters. The van der Waals surface area contributed by atoms with Crippen molar-refractivity contribution in [2.45, 2.75) is 48.3 Å². The number of fused-ring (bicyclic) bond motifs is 5. The summed E-state index contributed by atoms with van der Waals surface area (Å²) in [6.45, 7) is 2.31. The van der Waals surface area contributed by atoms with E-state index in [1.165, 1.54) is 73.2 Å². The SMILES string of the molecule is Cc1c2c(cc3sccc13)Sc1cc(C3CC4CCC3C4)cc3cc[n+](C)c-2c13.